The van der Waals surface area contributed by atoms with Gasteiger partial charge in [0.15, 0.2) is 29.3 Å². The summed E-state index contributed by atoms with van der Waals surface area (Å²) in [6.45, 7) is 2.98. The van der Waals surface area contributed by atoms with Crippen molar-refractivity contribution in [3.05, 3.63) is 93.6 Å². The van der Waals surface area contributed by atoms with E-state index in [0.29, 0.717) is 17.4 Å². The summed E-state index contributed by atoms with van der Waals surface area (Å²) in [5.74, 6) is -4.69. The molecule has 5 aromatic rings. The largest absolute Gasteiger partial charge is 0.469 e. The third-order valence-electron chi connectivity index (χ3n) is 6.89. The number of fused-ring (bicyclic) bond motifs is 1. The number of carbonyl (C=O) groups excluding carboxylic acids is 2. The van der Waals surface area contributed by atoms with Crippen molar-refractivity contribution in [3.63, 3.8) is 0 Å². The second-order valence-corrected chi connectivity index (χ2v) is 10.9. The fourth-order valence-electron chi connectivity index (χ4n) is 4.82. The molecule has 1 N–H and O–H groups in total. The van der Waals surface area contributed by atoms with Gasteiger partial charge in [0.05, 0.1) is 28.6 Å². The first-order valence-corrected chi connectivity index (χ1v) is 14.1. The molecule has 0 amide bonds. The van der Waals surface area contributed by atoms with Crippen LogP contribution in [0.1, 0.15) is 36.9 Å². The Bertz CT molecular complexity index is 1890. The molecule has 228 valence electrons. The van der Waals surface area contributed by atoms with E-state index in [1.165, 1.54) is 44.1 Å². The summed E-state index contributed by atoms with van der Waals surface area (Å²) in [7, 11) is 2.85. The van der Waals surface area contributed by atoms with E-state index in [-0.39, 0.29) is 38.9 Å². The van der Waals surface area contributed by atoms with Crippen LogP contribution < -0.4 is 4.74 Å². The number of methoxy groups -OCH3 is 1. The van der Waals surface area contributed by atoms with Crippen molar-refractivity contribution in [1.29, 1.82) is 0 Å². The number of nitrogens with one attached hydrogen (secondary N) is 1. The summed E-state index contributed by atoms with van der Waals surface area (Å²) in [5.41, 5.74) is 1.24. The number of benzene rings is 3. The first kappa shape index (κ1) is 30.8. The molecule has 9 nitrogen and oxygen atoms in total. The summed E-state index contributed by atoms with van der Waals surface area (Å²) < 4.78 is 62.3. The van der Waals surface area contributed by atoms with Crippen LogP contribution in [-0.4, -0.2) is 38.8 Å². The highest BCUT2D eigenvalue weighted by atomic mass is 79.9. The van der Waals surface area contributed by atoms with E-state index < -0.39 is 41.2 Å². The SMILES string of the molecule is COC(=O)[C@H](C)Cc1cccc(C(OC(C)=O)c2nc(-c3cc(Oc4c(F)c(F)c5[nH]ccc5c4Br)ccc3F)n(C)n2)c1. The summed E-state index contributed by atoms with van der Waals surface area (Å²) in [6, 6.07) is 12.3. The highest BCUT2D eigenvalue weighted by molar-refractivity contribution is 9.10. The van der Waals surface area contributed by atoms with Crippen LogP contribution in [0.3, 0.4) is 0 Å². The van der Waals surface area contributed by atoms with Crippen LogP contribution in [0.25, 0.3) is 22.3 Å². The molecule has 0 fully saturated rings. The van der Waals surface area contributed by atoms with E-state index in [0.717, 1.165) is 11.6 Å². The predicted molar refractivity (Wildman–Crippen MR) is 157 cm³/mol. The van der Waals surface area contributed by atoms with Gasteiger partial charge in [0.2, 0.25) is 5.82 Å². The molecule has 13 heteroatoms. The summed E-state index contributed by atoms with van der Waals surface area (Å²) in [6.07, 6.45) is 0.791. The first-order chi connectivity index (χ1) is 21.0. The number of halogens is 4. The number of nitrogens with zero attached hydrogens (tertiary/aromatic N) is 3. The fraction of sp³-hybridized carbons (Fsp3) is 0.226. The van der Waals surface area contributed by atoms with Gasteiger partial charge in [-0.25, -0.2) is 18.4 Å². The van der Waals surface area contributed by atoms with E-state index in [4.69, 9.17) is 14.2 Å². The minimum Gasteiger partial charge on any atom is -0.469 e. The van der Waals surface area contributed by atoms with Crippen molar-refractivity contribution >= 4 is 38.8 Å². The quantitative estimate of drug-likeness (QED) is 0.134. The molecule has 0 saturated carbocycles. The van der Waals surface area contributed by atoms with Crippen LogP contribution in [-0.2, 0) is 32.5 Å². The molecule has 0 aliphatic carbocycles. The number of aromatic nitrogens is 4. The third-order valence-corrected chi connectivity index (χ3v) is 7.68. The number of carbonyl (C=O) groups is 2. The Morgan fingerprint density at radius 3 is 2.59 bits per heavy atom. The van der Waals surface area contributed by atoms with Crippen molar-refractivity contribution in [2.45, 2.75) is 26.4 Å². The lowest BCUT2D eigenvalue weighted by Gasteiger charge is -2.16. The Labute approximate surface area is 258 Å². The van der Waals surface area contributed by atoms with Crippen LogP contribution >= 0.6 is 15.9 Å². The lowest BCUT2D eigenvalue weighted by Crippen LogP contribution is -2.16. The highest BCUT2D eigenvalue weighted by Crippen LogP contribution is 2.41. The summed E-state index contributed by atoms with van der Waals surface area (Å²) >= 11 is 3.27. The van der Waals surface area contributed by atoms with E-state index in [2.05, 4.69) is 31.0 Å². The lowest BCUT2D eigenvalue weighted by atomic mass is 9.98. The number of esters is 2. The van der Waals surface area contributed by atoms with Crippen molar-refractivity contribution in [3.8, 4) is 22.9 Å². The Morgan fingerprint density at radius 1 is 1.09 bits per heavy atom. The Hall–Kier alpha value is -4.65. The molecule has 1 unspecified atom stereocenters. The van der Waals surface area contributed by atoms with Crippen LogP contribution in [0.5, 0.6) is 11.5 Å². The molecule has 0 bridgehead atoms. The smallest absolute Gasteiger partial charge is 0.308 e. The molecule has 2 aromatic heterocycles. The standard InChI is InChI=1S/C31H26BrF3N4O5/c1-15(31(41)42-4)12-17-6-5-7-18(13-17)27(43-16(2)40)29-37-30(39(3)38-29)21-14-19(8-9-22(21)33)44-28-23(32)20-10-11-36-26(20)24(34)25(28)35/h5-11,13-15,27,36H,12H2,1-4H3/t15-,27?/m1/s1. The van der Waals surface area contributed by atoms with Gasteiger partial charge in [0, 0.05) is 31.1 Å². The van der Waals surface area contributed by atoms with Crippen LogP contribution in [0.2, 0.25) is 0 Å². The zero-order chi connectivity index (χ0) is 31.7. The molecule has 0 saturated heterocycles. The topological polar surface area (TPSA) is 108 Å². The molecule has 2 atom stereocenters. The highest BCUT2D eigenvalue weighted by Gasteiger charge is 2.27. The Kier molecular flexibility index (Phi) is 8.77. The van der Waals surface area contributed by atoms with Gasteiger partial charge in [-0.05, 0) is 52.2 Å². The molecule has 0 radical (unpaired) electrons. The lowest BCUT2D eigenvalue weighted by molar-refractivity contribution is -0.145. The van der Waals surface area contributed by atoms with Crippen LogP contribution in [0, 0.1) is 23.4 Å². The average molecular weight is 671 g/mol. The maximum absolute atomic E-state index is 15.2. The van der Waals surface area contributed by atoms with Gasteiger partial charge in [-0.15, -0.1) is 0 Å². The van der Waals surface area contributed by atoms with Crippen molar-refractivity contribution in [2.75, 3.05) is 7.11 Å². The maximum atomic E-state index is 15.2. The van der Waals surface area contributed by atoms with E-state index in [1.807, 2.05) is 6.07 Å². The van der Waals surface area contributed by atoms with Gasteiger partial charge in [0.1, 0.15) is 11.6 Å². The molecule has 0 aliphatic heterocycles. The fourth-order valence-corrected chi connectivity index (χ4v) is 5.40. The van der Waals surface area contributed by atoms with Crippen molar-refractivity contribution in [1.82, 2.24) is 19.7 Å². The third kappa shape index (κ3) is 6.05. The number of aryl methyl sites for hydroxylation is 1. The number of ether oxygens (including phenoxy) is 3. The number of H-pyrrole nitrogens is 1. The number of aromatic amines is 1. The Balaban J connectivity index is 1.50. The summed E-state index contributed by atoms with van der Waals surface area (Å²) in [5, 5.41) is 4.76. The van der Waals surface area contributed by atoms with Crippen LogP contribution in [0.4, 0.5) is 13.2 Å². The molecule has 3 aromatic carbocycles. The minimum absolute atomic E-state index is 0.00352. The number of rotatable bonds is 9. The van der Waals surface area contributed by atoms with Crippen molar-refractivity contribution < 1.29 is 37.0 Å². The normalized spacial score (nSPS) is 12.6. The molecule has 2 heterocycles. The van der Waals surface area contributed by atoms with Gasteiger partial charge < -0.3 is 19.2 Å². The molecular formula is C31H26BrF3N4O5. The average Bonchev–Trinajstić information content (AvgIpc) is 3.65. The molecule has 44 heavy (non-hydrogen) atoms. The van der Waals surface area contributed by atoms with Gasteiger partial charge in [-0.2, -0.15) is 9.49 Å². The zero-order valence-electron chi connectivity index (χ0n) is 24.0. The molecular weight excluding hydrogens is 645 g/mol. The zero-order valence-corrected chi connectivity index (χ0v) is 25.5. The van der Waals surface area contributed by atoms with E-state index >= 15 is 4.39 Å². The van der Waals surface area contributed by atoms with Gasteiger partial charge in [-0.3, -0.25) is 9.59 Å². The van der Waals surface area contributed by atoms with E-state index in [9.17, 15) is 18.4 Å². The van der Waals surface area contributed by atoms with Gasteiger partial charge in [-0.1, -0.05) is 31.2 Å². The Morgan fingerprint density at radius 2 is 1.86 bits per heavy atom. The predicted octanol–water partition coefficient (Wildman–Crippen LogP) is 6.94. The summed E-state index contributed by atoms with van der Waals surface area (Å²) in [4.78, 5) is 31.1. The molecule has 0 aliphatic rings. The van der Waals surface area contributed by atoms with Gasteiger partial charge >= 0.3 is 11.9 Å². The molecule has 0 spiro atoms. The second kappa shape index (κ2) is 12.5. The minimum atomic E-state index is -1.23. The number of hydrogen-bond donors (Lipinski definition) is 1. The van der Waals surface area contributed by atoms with E-state index in [1.54, 1.807) is 31.2 Å². The monoisotopic (exact) mass is 670 g/mol. The van der Waals surface area contributed by atoms with Crippen molar-refractivity contribution in [2.24, 2.45) is 13.0 Å². The first-order valence-electron chi connectivity index (χ1n) is 13.3. The van der Waals surface area contributed by atoms with Gasteiger partial charge in [0.25, 0.3) is 0 Å². The number of hydrogen-bond acceptors (Lipinski definition) is 7. The molecule has 5 rings (SSSR count). The van der Waals surface area contributed by atoms with Crippen LogP contribution in [0.15, 0.2) is 59.2 Å². The maximum Gasteiger partial charge on any atom is 0.308 e. The second-order valence-electron chi connectivity index (χ2n) is 10.1.